The van der Waals surface area contributed by atoms with Crippen molar-refractivity contribution in [3.05, 3.63) is 65.7 Å². The fraction of sp³-hybridized carbons (Fsp3) is 0.273. The van der Waals surface area contributed by atoms with Gasteiger partial charge in [-0.25, -0.2) is 0 Å². The largest absolute Gasteiger partial charge is 0.497 e. The van der Waals surface area contributed by atoms with Crippen LogP contribution in [0.5, 0.6) is 11.5 Å². The number of allylic oxidation sites excluding steroid dienone is 1. The number of hydrogen-bond acceptors (Lipinski definition) is 5. The summed E-state index contributed by atoms with van der Waals surface area (Å²) in [5.41, 5.74) is -0.782. The molecular formula is C22H22F3NO5. The van der Waals surface area contributed by atoms with Crippen LogP contribution >= 0.6 is 0 Å². The molecule has 6 nitrogen and oxygen atoms in total. The van der Waals surface area contributed by atoms with Gasteiger partial charge in [0.15, 0.2) is 0 Å². The molecule has 0 atom stereocenters. The fourth-order valence-corrected chi connectivity index (χ4v) is 2.77. The van der Waals surface area contributed by atoms with Crippen LogP contribution in [0.1, 0.15) is 11.1 Å². The summed E-state index contributed by atoms with van der Waals surface area (Å²) < 4.78 is 55.8. The van der Waals surface area contributed by atoms with Crippen LogP contribution in [-0.2, 0) is 20.9 Å². The average Bonchev–Trinajstić information content (AvgIpc) is 2.76. The summed E-state index contributed by atoms with van der Waals surface area (Å²) in [6.07, 6.45) is -4.29. The molecule has 0 aromatic heterocycles. The standard InChI is InChI=1S/C22H22F3NO5/c1-29-17-9-15(10-18(11-17)30-2)13-26(14-21(28)31-3)20(27)12-19(22(23,24)25)16-7-5-4-6-8-16/h4-12H,13-14H2,1-3H3/b19-12-. The van der Waals surface area contributed by atoms with Crippen molar-refractivity contribution in [3.63, 3.8) is 0 Å². The van der Waals surface area contributed by atoms with E-state index in [1.165, 1.54) is 38.5 Å². The van der Waals surface area contributed by atoms with E-state index in [1.54, 1.807) is 24.3 Å². The highest BCUT2D eigenvalue weighted by atomic mass is 19.4. The lowest BCUT2D eigenvalue weighted by molar-refractivity contribution is -0.145. The zero-order valence-corrected chi connectivity index (χ0v) is 17.2. The Bertz CT molecular complexity index is 920. The van der Waals surface area contributed by atoms with Gasteiger partial charge in [0.05, 0.1) is 26.9 Å². The normalized spacial score (nSPS) is 11.6. The number of carbonyl (C=O) groups excluding carboxylic acids is 2. The van der Waals surface area contributed by atoms with Crippen LogP contribution in [0.25, 0.3) is 5.57 Å². The molecule has 0 aliphatic heterocycles. The summed E-state index contributed by atoms with van der Waals surface area (Å²) in [4.78, 5) is 25.6. The third-order valence-corrected chi connectivity index (χ3v) is 4.30. The van der Waals surface area contributed by atoms with Crippen LogP contribution in [0, 0.1) is 0 Å². The molecule has 2 aromatic carbocycles. The lowest BCUT2D eigenvalue weighted by Gasteiger charge is -2.22. The Balaban J connectivity index is 2.43. The summed E-state index contributed by atoms with van der Waals surface area (Å²) in [7, 11) is 4.00. The Morgan fingerprint density at radius 3 is 2.03 bits per heavy atom. The maximum Gasteiger partial charge on any atom is 0.417 e. The zero-order valence-electron chi connectivity index (χ0n) is 17.2. The number of nitrogens with zero attached hydrogens (tertiary/aromatic N) is 1. The van der Waals surface area contributed by atoms with Crippen molar-refractivity contribution in [2.45, 2.75) is 12.7 Å². The number of carbonyl (C=O) groups is 2. The summed E-state index contributed by atoms with van der Waals surface area (Å²) in [5, 5.41) is 0. The summed E-state index contributed by atoms with van der Waals surface area (Å²) in [6, 6.07) is 11.7. The van der Waals surface area contributed by atoms with Crippen molar-refractivity contribution >= 4 is 17.4 Å². The first-order chi connectivity index (χ1) is 14.7. The van der Waals surface area contributed by atoms with E-state index in [0.29, 0.717) is 23.1 Å². The van der Waals surface area contributed by atoms with E-state index >= 15 is 0 Å². The van der Waals surface area contributed by atoms with Gasteiger partial charge in [0.2, 0.25) is 5.91 Å². The first kappa shape index (κ1) is 23.8. The molecule has 0 N–H and O–H groups in total. The van der Waals surface area contributed by atoms with E-state index in [0.717, 1.165) is 12.0 Å². The number of ether oxygens (including phenoxy) is 3. The van der Waals surface area contributed by atoms with Crippen LogP contribution in [0.4, 0.5) is 13.2 Å². The van der Waals surface area contributed by atoms with Crippen LogP contribution in [-0.4, -0.2) is 50.8 Å². The van der Waals surface area contributed by atoms with Crippen molar-refractivity contribution in [1.29, 1.82) is 0 Å². The number of methoxy groups -OCH3 is 3. The van der Waals surface area contributed by atoms with Crippen molar-refractivity contribution < 1.29 is 37.0 Å². The van der Waals surface area contributed by atoms with Gasteiger partial charge in [0.25, 0.3) is 0 Å². The third-order valence-electron chi connectivity index (χ3n) is 4.30. The van der Waals surface area contributed by atoms with E-state index in [4.69, 9.17) is 9.47 Å². The zero-order chi connectivity index (χ0) is 23.0. The van der Waals surface area contributed by atoms with Gasteiger partial charge in [-0.3, -0.25) is 9.59 Å². The second-order valence-electron chi connectivity index (χ2n) is 6.41. The maximum atomic E-state index is 13.6. The van der Waals surface area contributed by atoms with E-state index in [-0.39, 0.29) is 12.1 Å². The van der Waals surface area contributed by atoms with Gasteiger partial charge in [0, 0.05) is 18.7 Å². The highest BCUT2D eigenvalue weighted by molar-refractivity contribution is 5.97. The predicted molar refractivity (Wildman–Crippen MR) is 107 cm³/mol. The number of hydrogen-bond donors (Lipinski definition) is 0. The maximum absolute atomic E-state index is 13.6. The molecule has 166 valence electrons. The highest BCUT2D eigenvalue weighted by Crippen LogP contribution is 2.34. The predicted octanol–water partition coefficient (Wildman–Crippen LogP) is 3.85. The number of alkyl halides is 3. The number of halogens is 3. The Labute approximate surface area is 177 Å². The minimum atomic E-state index is -4.77. The van der Waals surface area contributed by atoms with Crippen LogP contribution < -0.4 is 9.47 Å². The average molecular weight is 437 g/mol. The summed E-state index contributed by atoms with van der Waals surface area (Å²) in [5.74, 6) is -0.917. The Morgan fingerprint density at radius 2 is 1.55 bits per heavy atom. The van der Waals surface area contributed by atoms with Gasteiger partial charge in [-0.05, 0) is 23.3 Å². The van der Waals surface area contributed by atoms with Crippen molar-refractivity contribution in [2.24, 2.45) is 0 Å². The molecule has 0 heterocycles. The Kier molecular flexibility index (Phi) is 8.07. The molecule has 0 aliphatic carbocycles. The molecule has 0 radical (unpaired) electrons. The summed E-state index contributed by atoms with van der Waals surface area (Å²) >= 11 is 0. The quantitative estimate of drug-likeness (QED) is 0.464. The van der Waals surface area contributed by atoms with Crippen LogP contribution in [0.15, 0.2) is 54.6 Å². The lowest BCUT2D eigenvalue weighted by atomic mass is 10.0. The molecule has 0 unspecified atom stereocenters. The first-order valence-electron chi connectivity index (χ1n) is 9.10. The smallest absolute Gasteiger partial charge is 0.417 e. The second kappa shape index (κ2) is 10.5. The Morgan fingerprint density at radius 1 is 0.968 bits per heavy atom. The molecule has 9 heteroatoms. The molecule has 0 fully saturated rings. The molecule has 0 spiro atoms. The third kappa shape index (κ3) is 6.77. The van der Waals surface area contributed by atoms with Crippen molar-refractivity contribution in [1.82, 2.24) is 4.90 Å². The van der Waals surface area contributed by atoms with Gasteiger partial charge in [0.1, 0.15) is 18.0 Å². The van der Waals surface area contributed by atoms with Gasteiger partial charge >= 0.3 is 12.1 Å². The Hall–Kier alpha value is -3.49. The number of amides is 1. The minimum Gasteiger partial charge on any atom is -0.497 e. The van der Waals surface area contributed by atoms with Gasteiger partial charge in [-0.2, -0.15) is 13.2 Å². The fourth-order valence-electron chi connectivity index (χ4n) is 2.77. The SMILES string of the molecule is COC(=O)CN(Cc1cc(OC)cc(OC)c1)C(=O)/C=C(/c1ccccc1)C(F)(F)F. The molecule has 0 aliphatic rings. The minimum absolute atomic E-state index is 0.163. The number of esters is 1. The van der Waals surface area contributed by atoms with Gasteiger partial charge in [-0.15, -0.1) is 0 Å². The molecular weight excluding hydrogens is 415 g/mol. The molecule has 1 amide bonds. The first-order valence-corrected chi connectivity index (χ1v) is 9.10. The molecule has 0 bridgehead atoms. The topological polar surface area (TPSA) is 65.1 Å². The van der Waals surface area contributed by atoms with E-state index < -0.39 is 30.2 Å². The number of rotatable bonds is 8. The van der Waals surface area contributed by atoms with Gasteiger partial charge in [-0.1, -0.05) is 30.3 Å². The molecule has 0 saturated carbocycles. The second-order valence-corrected chi connectivity index (χ2v) is 6.41. The van der Waals surface area contributed by atoms with Crippen molar-refractivity contribution in [2.75, 3.05) is 27.9 Å². The monoisotopic (exact) mass is 437 g/mol. The van der Waals surface area contributed by atoms with E-state index in [9.17, 15) is 22.8 Å². The number of benzene rings is 2. The highest BCUT2D eigenvalue weighted by Gasteiger charge is 2.36. The van der Waals surface area contributed by atoms with Crippen LogP contribution in [0.3, 0.4) is 0 Å². The van der Waals surface area contributed by atoms with Crippen LogP contribution in [0.2, 0.25) is 0 Å². The van der Waals surface area contributed by atoms with E-state index in [2.05, 4.69) is 4.74 Å². The summed E-state index contributed by atoms with van der Waals surface area (Å²) in [6.45, 7) is -0.705. The molecule has 2 rings (SSSR count). The van der Waals surface area contributed by atoms with E-state index in [1.807, 2.05) is 0 Å². The van der Waals surface area contributed by atoms with Gasteiger partial charge < -0.3 is 19.1 Å². The molecule has 2 aromatic rings. The lowest BCUT2D eigenvalue weighted by Crippen LogP contribution is -2.35. The molecule has 0 saturated heterocycles. The van der Waals surface area contributed by atoms with Crippen molar-refractivity contribution in [3.8, 4) is 11.5 Å². The molecule has 31 heavy (non-hydrogen) atoms.